The standard InChI is InChI=1S/C15H22N4O2/c1-2-14(20)17-7-9-18(10-8-17)15(21)13-11-12-5-3-4-6-19(12)16-13/h11H,2-10H2,1H3. The fourth-order valence-corrected chi connectivity index (χ4v) is 3.07. The summed E-state index contributed by atoms with van der Waals surface area (Å²) in [7, 11) is 0. The second-order valence-electron chi connectivity index (χ2n) is 5.73. The Morgan fingerprint density at radius 1 is 1.10 bits per heavy atom. The van der Waals surface area contributed by atoms with Crippen molar-refractivity contribution in [1.29, 1.82) is 0 Å². The van der Waals surface area contributed by atoms with Gasteiger partial charge in [-0.1, -0.05) is 6.92 Å². The molecule has 0 aromatic carbocycles. The Morgan fingerprint density at radius 3 is 2.48 bits per heavy atom. The maximum absolute atomic E-state index is 12.5. The zero-order valence-corrected chi connectivity index (χ0v) is 12.5. The zero-order chi connectivity index (χ0) is 14.8. The van der Waals surface area contributed by atoms with Gasteiger partial charge in [0.15, 0.2) is 5.69 Å². The molecule has 1 aromatic heterocycles. The molecule has 0 saturated carbocycles. The Labute approximate surface area is 124 Å². The first-order valence-electron chi connectivity index (χ1n) is 7.83. The smallest absolute Gasteiger partial charge is 0.274 e. The lowest BCUT2D eigenvalue weighted by Gasteiger charge is -2.34. The average Bonchev–Trinajstić information content (AvgIpc) is 2.97. The Hall–Kier alpha value is -1.85. The number of amides is 2. The van der Waals surface area contributed by atoms with E-state index in [2.05, 4.69) is 5.10 Å². The maximum Gasteiger partial charge on any atom is 0.274 e. The molecule has 0 unspecified atom stereocenters. The van der Waals surface area contributed by atoms with Crippen LogP contribution in [-0.4, -0.2) is 57.6 Å². The van der Waals surface area contributed by atoms with Crippen molar-refractivity contribution < 1.29 is 9.59 Å². The number of aromatic nitrogens is 2. The predicted molar refractivity (Wildman–Crippen MR) is 77.9 cm³/mol. The minimum absolute atomic E-state index is 0.000461. The lowest BCUT2D eigenvalue weighted by molar-refractivity contribution is -0.132. The molecule has 1 aromatic rings. The van der Waals surface area contributed by atoms with Gasteiger partial charge in [0, 0.05) is 44.8 Å². The summed E-state index contributed by atoms with van der Waals surface area (Å²) in [4.78, 5) is 27.8. The molecule has 3 heterocycles. The number of aryl methyl sites for hydroxylation is 2. The van der Waals surface area contributed by atoms with E-state index in [1.54, 1.807) is 0 Å². The molecule has 0 radical (unpaired) electrons. The highest BCUT2D eigenvalue weighted by Crippen LogP contribution is 2.17. The van der Waals surface area contributed by atoms with E-state index in [9.17, 15) is 9.59 Å². The molecule has 0 aliphatic carbocycles. The lowest BCUT2D eigenvalue weighted by atomic mass is 10.1. The van der Waals surface area contributed by atoms with Gasteiger partial charge in [-0.3, -0.25) is 14.3 Å². The van der Waals surface area contributed by atoms with Crippen LogP contribution in [0, 0.1) is 0 Å². The predicted octanol–water partition coefficient (Wildman–Crippen LogP) is 0.914. The molecule has 0 N–H and O–H groups in total. The second-order valence-corrected chi connectivity index (χ2v) is 5.73. The third-order valence-corrected chi connectivity index (χ3v) is 4.36. The Kier molecular flexibility index (Phi) is 3.94. The molecule has 2 amide bonds. The van der Waals surface area contributed by atoms with E-state index >= 15 is 0 Å². The van der Waals surface area contributed by atoms with Gasteiger partial charge in [-0.25, -0.2) is 0 Å². The minimum Gasteiger partial charge on any atom is -0.339 e. The molecule has 1 fully saturated rings. The number of carbonyl (C=O) groups excluding carboxylic acids is 2. The number of rotatable bonds is 2. The van der Waals surface area contributed by atoms with Gasteiger partial charge in [0.25, 0.3) is 5.91 Å². The summed E-state index contributed by atoms with van der Waals surface area (Å²) >= 11 is 0. The van der Waals surface area contributed by atoms with E-state index < -0.39 is 0 Å². The average molecular weight is 290 g/mol. The highest BCUT2D eigenvalue weighted by Gasteiger charge is 2.26. The van der Waals surface area contributed by atoms with E-state index in [1.807, 2.05) is 27.5 Å². The molecule has 6 nitrogen and oxygen atoms in total. The van der Waals surface area contributed by atoms with Gasteiger partial charge in [0.2, 0.25) is 5.91 Å². The van der Waals surface area contributed by atoms with Crippen molar-refractivity contribution in [3.63, 3.8) is 0 Å². The first-order chi connectivity index (χ1) is 10.2. The van der Waals surface area contributed by atoms with Crippen LogP contribution in [0.2, 0.25) is 0 Å². The number of hydrogen-bond donors (Lipinski definition) is 0. The van der Waals surface area contributed by atoms with Gasteiger partial charge in [-0.05, 0) is 25.3 Å². The van der Waals surface area contributed by atoms with E-state index in [4.69, 9.17) is 0 Å². The molecular formula is C15H22N4O2. The summed E-state index contributed by atoms with van der Waals surface area (Å²) in [6.45, 7) is 5.26. The van der Waals surface area contributed by atoms with Gasteiger partial charge in [0.1, 0.15) is 0 Å². The van der Waals surface area contributed by atoms with E-state index in [0.29, 0.717) is 38.3 Å². The van der Waals surface area contributed by atoms with Crippen molar-refractivity contribution in [1.82, 2.24) is 19.6 Å². The molecule has 2 aliphatic rings. The van der Waals surface area contributed by atoms with Crippen LogP contribution in [0.4, 0.5) is 0 Å². The Bertz CT molecular complexity index is 520. The Morgan fingerprint density at radius 2 is 1.81 bits per heavy atom. The van der Waals surface area contributed by atoms with E-state index in [0.717, 1.165) is 19.4 Å². The van der Waals surface area contributed by atoms with Gasteiger partial charge in [0.05, 0.1) is 0 Å². The normalized spacial score (nSPS) is 18.5. The molecule has 2 aliphatic heterocycles. The van der Waals surface area contributed by atoms with Crippen LogP contribution in [0.3, 0.4) is 0 Å². The largest absolute Gasteiger partial charge is 0.339 e. The SMILES string of the molecule is CCC(=O)N1CCN(C(=O)c2cc3n(n2)CCCC3)CC1. The zero-order valence-electron chi connectivity index (χ0n) is 12.5. The first-order valence-corrected chi connectivity index (χ1v) is 7.83. The minimum atomic E-state index is 0.000461. The fraction of sp³-hybridized carbons (Fsp3) is 0.667. The molecule has 1 saturated heterocycles. The van der Waals surface area contributed by atoms with Crippen LogP contribution in [0.15, 0.2) is 6.07 Å². The number of nitrogens with zero attached hydrogens (tertiary/aromatic N) is 4. The molecular weight excluding hydrogens is 268 g/mol. The molecule has 3 rings (SSSR count). The number of piperazine rings is 1. The van der Waals surface area contributed by atoms with Crippen molar-refractivity contribution in [3.05, 3.63) is 17.5 Å². The van der Waals surface area contributed by atoms with Crippen LogP contribution < -0.4 is 0 Å². The van der Waals surface area contributed by atoms with Gasteiger partial charge in [-0.2, -0.15) is 5.10 Å². The second kappa shape index (κ2) is 5.87. The summed E-state index contributed by atoms with van der Waals surface area (Å²) in [5, 5.41) is 4.44. The van der Waals surface area contributed by atoms with E-state index in [1.165, 1.54) is 12.1 Å². The monoisotopic (exact) mass is 290 g/mol. The molecule has 21 heavy (non-hydrogen) atoms. The lowest BCUT2D eigenvalue weighted by Crippen LogP contribution is -2.50. The van der Waals surface area contributed by atoms with Crippen LogP contribution >= 0.6 is 0 Å². The van der Waals surface area contributed by atoms with Gasteiger partial charge < -0.3 is 9.80 Å². The third-order valence-electron chi connectivity index (χ3n) is 4.36. The van der Waals surface area contributed by atoms with Gasteiger partial charge >= 0.3 is 0 Å². The van der Waals surface area contributed by atoms with Crippen molar-refractivity contribution in [2.75, 3.05) is 26.2 Å². The molecule has 0 spiro atoms. The summed E-state index contributed by atoms with van der Waals surface area (Å²) in [5.74, 6) is 0.167. The van der Waals surface area contributed by atoms with Crippen molar-refractivity contribution in [2.45, 2.75) is 39.2 Å². The van der Waals surface area contributed by atoms with Crippen LogP contribution in [0.25, 0.3) is 0 Å². The van der Waals surface area contributed by atoms with E-state index in [-0.39, 0.29) is 11.8 Å². The number of fused-ring (bicyclic) bond motifs is 1. The molecule has 0 bridgehead atoms. The topological polar surface area (TPSA) is 58.4 Å². The summed E-state index contributed by atoms with van der Waals surface area (Å²) < 4.78 is 1.97. The maximum atomic E-state index is 12.5. The van der Waals surface area contributed by atoms with Crippen molar-refractivity contribution in [3.8, 4) is 0 Å². The van der Waals surface area contributed by atoms with Crippen LogP contribution in [-0.2, 0) is 17.8 Å². The first kappa shape index (κ1) is 14.1. The Balaban J connectivity index is 1.64. The fourth-order valence-electron chi connectivity index (χ4n) is 3.07. The highest BCUT2D eigenvalue weighted by atomic mass is 16.2. The van der Waals surface area contributed by atoms with Crippen LogP contribution in [0.5, 0.6) is 0 Å². The summed E-state index contributed by atoms with van der Waals surface area (Å²) in [6, 6.07) is 1.94. The van der Waals surface area contributed by atoms with Crippen molar-refractivity contribution in [2.24, 2.45) is 0 Å². The molecule has 114 valence electrons. The van der Waals surface area contributed by atoms with Gasteiger partial charge in [-0.15, -0.1) is 0 Å². The third kappa shape index (κ3) is 2.80. The molecule has 0 atom stereocenters. The summed E-state index contributed by atoms with van der Waals surface area (Å²) in [6.07, 6.45) is 3.86. The quantitative estimate of drug-likeness (QED) is 0.813. The van der Waals surface area contributed by atoms with Crippen molar-refractivity contribution >= 4 is 11.8 Å². The highest BCUT2D eigenvalue weighted by molar-refractivity contribution is 5.92. The number of hydrogen-bond acceptors (Lipinski definition) is 3. The van der Waals surface area contributed by atoms with Crippen LogP contribution in [0.1, 0.15) is 42.4 Å². The summed E-state index contributed by atoms with van der Waals surface area (Å²) in [5.41, 5.74) is 1.73. The number of carbonyl (C=O) groups is 2. The molecule has 6 heteroatoms.